The third-order valence-electron chi connectivity index (χ3n) is 22.1. The Morgan fingerprint density at radius 2 is 0.540 bits per heavy atom. The van der Waals surface area contributed by atoms with Crippen LogP contribution in [-0.4, -0.2) is 147 Å². The van der Waals surface area contributed by atoms with Gasteiger partial charge in [-0.1, -0.05) is 314 Å². The Hall–Kier alpha value is -11.2. The van der Waals surface area contributed by atoms with Gasteiger partial charge in [-0.3, -0.25) is 4.79 Å². The number of amides is 1. The van der Waals surface area contributed by atoms with Crippen LogP contribution < -0.4 is 5.32 Å². The highest BCUT2D eigenvalue weighted by molar-refractivity contribution is 5.94. The van der Waals surface area contributed by atoms with Gasteiger partial charge in [0.15, 0.2) is 49.2 Å². The molecule has 124 heavy (non-hydrogen) atoms. The lowest BCUT2D eigenvalue weighted by molar-refractivity contribution is -0.328. The van der Waals surface area contributed by atoms with Crippen LogP contribution in [0.3, 0.4) is 0 Å². The minimum atomic E-state index is -2.00. The van der Waals surface area contributed by atoms with E-state index >= 15 is 14.4 Å². The Morgan fingerprint density at radius 1 is 0.282 bits per heavy atom. The Morgan fingerprint density at radius 3 is 0.863 bits per heavy atom. The van der Waals surface area contributed by atoms with Crippen molar-refractivity contribution < 1.29 is 100.0 Å². The average Bonchev–Trinajstić information content (AvgIpc) is 0.771. The second kappa shape index (κ2) is 53.8. The highest BCUT2D eigenvalue weighted by Crippen LogP contribution is 2.37. The fourth-order valence-electron chi connectivity index (χ4n) is 15.2. The summed E-state index contributed by atoms with van der Waals surface area (Å²) in [4.78, 5) is 133. The Kier molecular flexibility index (Phi) is 41.2. The molecule has 0 unspecified atom stereocenters. The number of ether oxygens (including phenoxy) is 12. The predicted molar refractivity (Wildman–Crippen MR) is 468 cm³/mol. The SMILES string of the molecule is CCCCCCCCCCCCCCCC(=O)N[C@@H](CO[C@@H]1O[C@H](CO[C@@H]2O[C@H](COC(=O)c3ccccc3)[C@H](OC(=O)c3ccccc3)[C@H](OC(=O)c3ccccc3)[C@H]2OC(=O)c2ccccc2)[C@H](OC(=O)c2ccccc2)[C@H](OC(=O)c2ccccc2)[C@H]1OC(=O)c1ccccc1)[C@@H](CCCCCCCCCCCCCCC)OC(=O)c1ccccc1. The third-order valence-corrected chi connectivity index (χ3v) is 22.1. The van der Waals surface area contributed by atoms with E-state index in [4.69, 9.17) is 56.8 Å². The van der Waals surface area contributed by atoms with Crippen LogP contribution in [0.2, 0.25) is 0 Å². The quantitative estimate of drug-likeness (QED) is 0.0211. The zero-order valence-corrected chi connectivity index (χ0v) is 71.5. The van der Waals surface area contributed by atoms with E-state index < -0.39 is 141 Å². The van der Waals surface area contributed by atoms with Gasteiger partial charge in [-0.25, -0.2) is 38.4 Å². The first-order chi connectivity index (χ1) is 60.7. The van der Waals surface area contributed by atoms with E-state index in [0.717, 1.165) is 64.2 Å². The molecule has 2 saturated heterocycles. The molecular formula is C102H121NO21. The monoisotopic (exact) mass is 1700 g/mol. The molecule has 2 fully saturated rings. The van der Waals surface area contributed by atoms with Gasteiger partial charge in [-0.15, -0.1) is 0 Å². The van der Waals surface area contributed by atoms with Crippen LogP contribution in [-0.2, 0) is 61.6 Å². The second-order valence-electron chi connectivity index (χ2n) is 31.6. The molecule has 22 heteroatoms. The van der Waals surface area contributed by atoms with Crippen molar-refractivity contribution in [3.8, 4) is 0 Å². The number of esters is 8. The van der Waals surface area contributed by atoms with E-state index in [1.54, 1.807) is 158 Å². The number of hydrogen-bond donors (Lipinski definition) is 1. The van der Waals surface area contributed by atoms with Gasteiger partial charge in [0.25, 0.3) is 0 Å². The second-order valence-corrected chi connectivity index (χ2v) is 31.6. The summed E-state index contributed by atoms with van der Waals surface area (Å²) in [6, 6.07) is 62.4. The number of benzene rings is 8. The molecule has 8 aromatic carbocycles. The van der Waals surface area contributed by atoms with Crippen molar-refractivity contribution in [3.63, 3.8) is 0 Å². The van der Waals surface area contributed by atoms with Gasteiger partial charge in [0.2, 0.25) is 5.91 Å². The van der Waals surface area contributed by atoms with E-state index in [9.17, 15) is 28.8 Å². The largest absolute Gasteiger partial charge is 0.459 e. The Bertz CT molecular complexity index is 4450. The van der Waals surface area contributed by atoms with Crippen LogP contribution in [0.4, 0.5) is 0 Å². The summed E-state index contributed by atoms with van der Waals surface area (Å²) in [6.07, 6.45) is 8.83. The van der Waals surface area contributed by atoms with E-state index in [1.807, 2.05) is 0 Å². The molecule has 0 radical (unpaired) electrons. The van der Waals surface area contributed by atoms with E-state index in [0.29, 0.717) is 12.8 Å². The summed E-state index contributed by atoms with van der Waals surface area (Å²) in [5, 5.41) is 3.21. The van der Waals surface area contributed by atoms with Gasteiger partial charge in [-0.05, 0) is 116 Å². The van der Waals surface area contributed by atoms with Gasteiger partial charge in [0.1, 0.15) is 24.9 Å². The number of rotatable bonds is 53. The van der Waals surface area contributed by atoms with Crippen LogP contribution in [0, 0.1) is 0 Å². The molecule has 2 heterocycles. The summed E-state index contributed by atoms with van der Waals surface area (Å²) in [5.41, 5.74) is 0.501. The minimum absolute atomic E-state index is 0.00397. The molecule has 10 rings (SSSR count). The summed E-state index contributed by atoms with van der Waals surface area (Å²) in [7, 11) is 0. The maximum atomic E-state index is 15.2. The lowest BCUT2D eigenvalue weighted by Crippen LogP contribution is -2.65. The molecule has 0 aliphatic carbocycles. The summed E-state index contributed by atoms with van der Waals surface area (Å²) in [5.74, 6) is -7.78. The molecular weight excluding hydrogens is 1580 g/mol. The molecule has 2 aliphatic heterocycles. The normalized spacial score (nSPS) is 19.0. The van der Waals surface area contributed by atoms with Gasteiger partial charge in [-0.2, -0.15) is 0 Å². The molecule has 660 valence electrons. The van der Waals surface area contributed by atoms with Gasteiger partial charge < -0.3 is 62.2 Å². The zero-order chi connectivity index (χ0) is 87.1. The van der Waals surface area contributed by atoms with Crippen molar-refractivity contribution in [2.45, 2.75) is 267 Å². The maximum absolute atomic E-state index is 15.2. The molecule has 22 nitrogen and oxygen atoms in total. The van der Waals surface area contributed by atoms with Crippen LogP contribution in [0.1, 0.15) is 276 Å². The van der Waals surface area contributed by atoms with Crippen molar-refractivity contribution in [2.24, 2.45) is 0 Å². The van der Waals surface area contributed by atoms with E-state index in [1.165, 1.54) is 175 Å². The Labute approximate surface area is 729 Å². The average molecular weight is 1700 g/mol. The van der Waals surface area contributed by atoms with Crippen LogP contribution in [0.15, 0.2) is 243 Å². The van der Waals surface area contributed by atoms with Gasteiger partial charge >= 0.3 is 47.8 Å². The van der Waals surface area contributed by atoms with Crippen LogP contribution in [0.25, 0.3) is 0 Å². The Balaban J connectivity index is 1.05. The fourth-order valence-corrected chi connectivity index (χ4v) is 15.2. The lowest BCUT2D eigenvalue weighted by atomic mass is 9.96. The van der Waals surface area contributed by atoms with Crippen molar-refractivity contribution in [3.05, 3.63) is 287 Å². The van der Waals surface area contributed by atoms with E-state index in [2.05, 4.69) is 19.2 Å². The number of unbranched alkanes of at least 4 members (excludes halogenated alkanes) is 24. The molecule has 0 bridgehead atoms. The molecule has 0 spiro atoms. The number of carbonyl (C=O) groups is 9. The van der Waals surface area contributed by atoms with Crippen molar-refractivity contribution in [1.82, 2.24) is 5.32 Å². The predicted octanol–water partition coefficient (Wildman–Crippen LogP) is 20.4. The fraction of sp³-hybridized carbons (Fsp3) is 0.441. The first-order valence-corrected chi connectivity index (χ1v) is 44.6. The highest BCUT2D eigenvalue weighted by atomic mass is 16.8. The minimum Gasteiger partial charge on any atom is -0.459 e. The van der Waals surface area contributed by atoms with Crippen LogP contribution in [0.5, 0.6) is 0 Å². The number of nitrogens with one attached hydrogen (secondary N) is 1. The van der Waals surface area contributed by atoms with Gasteiger partial charge in [0, 0.05) is 6.42 Å². The summed E-state index contributed by atoms with van der Waals surface area (Å²) in [6.45, 7) is 2.31. The molecule has 8 aromatic rings. The number of carbonyl (C=O) groups excluding carboxylic acids is 9. The first kappa shape index (κ1) is 95.1. The molecule has 12 atom stereocenters. The number of hydrogen-bond acceptors (Lipinski definition) is 21. The molecule has 1 N–H and O–H groups in total. The molecule has 1 amide bonds. The first-order valence-electron chi connectivity index (χ1n) is 44.6. The van der Waals surface area contributed by atoms with Crippen molar-refractivity contribution in [2.75, 3.05) is 19.8 Å². The molecule has 0 aromatic heterocycles. The summed E-state index contributed by atoms with van der Waals surface area (Å²) < 4.78 is 79.5. The highest BCUT2D eigenvalue weighted by Gasteiger charge is 2.57. The molecule has 0 saturated carbocycles. The van der Waals surface area contributed by atoms with Gasteiger partial charge in [0.05, 0.1) is 63.8 Å². The third kappa shape index (κ3) is 31.6. The van der Waals surface area contributed by atoms with Crippen molar-refractivity contribution >= 4 is 53.7 Å². The topological polar surface area (TPSA) is 276 Å². The molecule has 2 aliphatic rings. The maximum Gasteiger partial charge on any atom is 0.338 e. The zero-order valence-electron chi connectivity index (χ0n) is 71.5. The van der Waals surface area contributed by atoms with E-state index in [-0.39, 0.29) is 63.3 Å². The standard InChI is InChI=1S/C102H121NO21/c1-3-5-7-9-11-13-15-17-19-21-23-25-51-69-83(116-94(106)75-55-37-28-38-56-75)82(103-86(104)70-52-26-24-22-20-18-16-14-12-10-8-6-4-2)71-114-101-91(123-99(111)80-65-47-33-48-66-80)90(122-98(110)79-63-45-32-46-64-79)88(120-96(108)77-59-41-30-42-60-77)85(118-101)73-115-102-92(124-100(112)81-67-49-34-50-68-81)89(121-97(109)78-61-43-31-44-62-78)87(119-95(107)76-57-39-29-40-58-76)84(117-102)72-113-93(105)74-53-35-27-36-54-74/h27-50,53-68,82-85,87-92,101-102H,3-26,51-52,69-73H2,1-2H3,(H,103,104)/t82-,83+,84+,85+,87-,88-,89-,90-,91+,92+,101+,102+/m0/s1. The van der Waals surface area contributed by atoms with Crippen molar-refractivity contribution in [1.29, 1.82) is 0 Å². The summed E-state index contributed by atoms with van der Waals surface area (Å²) >= 11 is 0. The lowest BCUT2D eigenvalue weighted by Gasteiger charge is -2.46. The smallest absolute Gasteiger partial charge is 0.338 e. The van der Waals surface area contributed by atoms with Crippen LogP contribution >= 0.6 is 0 Å².